The Morgan fingerprint density at radius 2 is 1.77 bits per heavy atom. The second-order valence-electron chi connectivity index (χ2n) is 6.37. The van der Waals surface area contributed by atoms with E-state index in [9.17, 15) is 9.59 Å². The highest BCUT2D eigenvalue weighted by molar-refractivity contribution is 5.94. The van der Waals surface area contributed by atoms with Crippen molar-refractivity contribution in [3.8, 4) is 17.1 Å². The van der Waals surface area contributed by atoms with E-state index in [1.165, 1.54) is 11.6 Å². The second-order valence-corrected chi connectivity index (χ2v) is 6.37. The molecule has 0 radical (unpaired) electrons. The topological polar surface area (TPSA) is 61.8 Å². The van der Waals surface area contributed by atoms with Crippen LogP contribution in [0.15, 0.2) is 64.4 Å². The monoisotopic (exact) mass is 346 g/mol. The molecule has 0 aliphatic rings. The van der Waals surface area contributed by atoms with Crippen molar-refractivity contribution in [2.45, 2.75) is 6.92 Å². The number of nitrogens with zero attached hydrogens (tertiary/aromatic N) is 4. The zero-order valence-electron chi connectivity index (χ0n) is 14.8. The van der Waals surface area contributed by atoms with E-state index in [1.807, 2.05) is 54.0 Å². The minimum Gasteiger partial charge on any atom is -0.298 e. The third-order valence-corrected chi connectivity index (χ3v) is 4.63. The lowest BCUT2D eigenvalue weighted by molar-refractivity contribution is 0.714. The van der Waals surface area contributed by atoms with Gasteiger partial charge in [-0.05, 0) is 30.7 Å². The zero-order valence-corrected chi connectivity index (χ0v) is 14.8. The molecule has 0 saturated heterocycles. The Bertz CT molecular complexity index is 1250. The minimum absolute atomic E-state index is 0.311. The average molecular weight is 346 g/mol. The summed E-state index contributed by atoms with van der Waals surface area (Å²) >= 11 is 0. The minimum atomic E-state index is -0.350. The van der Waals surface area contributed by atoms with Crippen LogP contribution in [0, 0.1) is 6.92 Å². The zero-order chi connectivity index (χ0) is 18.4. The number of hydrogen-bond donors (Lipinski definition) is 0. The molecule has 6 nitrogen and oxygen atoms in total. The van der Waals surface area contributed by atoms with Crippen LogP contribution < -0.4 is 11.2 Å². The molecule has 0 aliphatic heterocycles. The summed E-state index contributed by atoms with van der Waals surface area (Å²) in [4.78, 5) is 29.7. The highest BCUT2D eigenvalue weighted by Crippen LogP contribution is 2.30. The quantitative estimate of drug-likeness (QED) is 0.560. The van der Waals surface area contributed by atoms with Gasteiger partial charge in [-0.3, -0.25) is 18.5 Å². The first-order chi connectivity index (χ1) is 12.5. The first-order valence-corrected chi connectivity index (χ1v) is 8.28. The van der Waals surface area contributed by atoms with Gasteiger partial charge in [-0.25, -0.2) is 9.78 Å². The molecular formula is C20H18N4O2. The van der Waals surface area contributed by atoms with Crippen molar-refractivity contribution in [3.63, 3.8) is 0 Å². The molecule has 0 fully saturated rings. The van der Waals surface area contributed by atoms with Crippen LogP contribution in [-0.4, -0.2) is 18.7 Å². The summed E-state index contributed by atoms with van der Waals surface area (Å²) in [7, 11) is 3.18. The standard InChI is InChI=1S/C20H18N4O2/c1-13-7-6-8-14(11-13)18-17-15(22(2)20(26)23(3)19(17)25)12-24(18)16-9-4-5-10-21-16/h4-12H,1-3H3. The maximum Gasteiger partial charge on any atom is 0.330 e. The number of hydrogen-bond acceptors (Lipinski definition) is 3. The van der Waals surface area contributed by atoms with E-state index < -0.39 is 0 Å². The second kappa shape index (κ2) is 5.84. The van der Waals surface area contributed by atoms with Crippen LogP contribution in [-0.2, 0) is 14.1 Å². The van der Waals surface area contributed by atoms with Gasteiger partial charge >= 0.3 is 5.69 Å². The molecule has 3 heterocycles. The number of aryl methyl sites for hydroxylation is 2. The number of aromatic nitrogens is 4. The van der Waals surface area contributed by atoms with Crippen LogP contribution in [0.25, 0.3) is 28.0 Å². The van der Waals surface area contributed by atoms with E-state index >= 15 is 0 Å². The molecule has 0 N–H and O–H groups in total. The number of rotatable bonds is 2. The summed E-state index contributed by atoms with van der Waals surface area (Å²) in [5.74, 6) is 0.690. The predicted octanol–water partition coefficient (Wildman–Crippen LogP) is 2.40. The molecule has 4 aromatic rings. The molecule has 0 atom stereocenters. The van der Waals surface area contributed by atoms with Gasteiger partial charge < -0.3 is 0 Å². The summed E-state index contributed by atoms with van der Waals surface area (Å²) in [5.41, 5.74) is 2.65. The maximum absolute atomic E-state index is 12.9. The van der Waals surface area contributed by atoms with Crippen molar-refractivity contribution in [1.82, 2.24) is 18.7 Å². The lowest BCUT2D eigenvalue weighted by atomic mass is 10.1. The lowest BCUT2D eigenvalue weighted by Crippen LogP contribution is -2.36. The van der Waals surface area contributed by atoms with Crippen LogP contribution in [0.5, 0.6) is 0 Å². The SMILES string of the molecule is Cc1cccc(-c2c3c(=O)n(C)c(=O)n(C)c3cn2-c2ccccn2)c1. The van der Waals surface area contributed by atoms with Gasteiger partial charge in [-0.15, -0.1) is 0 Å². The van der Waals surface area contributed by atoms with Gasteiger partial charge in [0.05, 0.1) is 16.6 Å². The molecule has 0 aliphatic carbocycles. The molecule has 26 heavy (non-hydrogen) atoms. The normalized spacial score (nSPS) is 11.2. The first kappa shape index (κ1) is 16.1. The fourth-order valence-corrected chi connectivity index (χ4v) is 3.29. The smallest absolute Gasteiger partial charge is 0.298 e. The summed E-state index contributed by atoms with van der Waals surface area (Å²) in [6.07, 6.45) is 3.51. The Labute approximate surface area is 149 Å². The molecule has 0 unspecified atom stereocenters. The predicted molar refractivity (Wildman–Crippen MR) is 102 cm³/mol. The Balaban J connectivity index is 2.23. The van der Waals surface area contributed by atoms with Crippen molar-refractivity contribution < 1.29 is 0 Å². The molecule has 1 aromatic carbocycles. The highest BCUT2D eigenvalue weighted by atomic mass is 16.2. The van der Waals surface area contributed by atoms with E-state index in [1.54, 1.807) is 19.4 Å². The van der Waals surface area contributed by atoms with Gasteiger partial charge in [0.25, 0.3) is 5.56 Å². The average Bonchev–Trinajstić information content (AvgIpc) is 3.06. The molecule has 3 aromatic heterocycles. The van der Waals surface area contributed by atoms with Crippen LogP contribution in [0.2, 0.25) is 0 Å². The first-order valence-electron chi connectivity index (χ1n) is 8.28. The summed E-state index contributed by atoms with van der Waals surface area (Å²) in [6.45, 7) is 2.01. The molecular weight excluding hydrogens is 328 g/mol. The van der Waals surface area contributed by atoms with Crippen molar-refractivity contribution in [3.05, 3.63) is 81.3 Å². The summed E-state index contributed by atoms with van der Waals surface area (Å²) < 4.78 is 4.51. The van der Waals surface area contributed by atoms with E-state index in [0.717, 1.165) is 21.4 Å². The number of fused-ring (bicyclic) bond motifs is 1. The molecule has 130 valence electrons. The molecule has 4 rings (SSSR count). The molecule has 0 spiro atoms. The largest absolute Gasteiger partial charge is 0.330 e. The Morgan fingerprint density at radius 3 is 2.46 bits per heavy atom. The van der Waals surface area contributed by atoms with Crippen LogP contribution >= 0.6 is 0 Å². The van der Waals surface area contributed by atoms with Gasteiger partial charge in [-0.1, -0.05) is 29.8 Å². The van der Waals surface area contributed by atoms with Crippen molar-refractivity contribution in [2.24, 2.45) is 14.1 Å². The third kappa shape index (κ3) is 2.30. The fraction of sp³-hybridized carbons (Fsp3) is 0.150. The van der Waals surface area contributed by atoms with Crippen LogP contribution in [0.4, 0.5) is 0 Å². The molecule has 6 heteroatoms. The van der Waals surface area contributed by atoms with Gasteiger partial charge in [-0.2, -0.15) is 0 Å². The highest BCUT2D eigenvalue weighted by Gasteiger charge is 2.20. The van der Waals surface area contributed by atoms with Gasteiger partial charge in [0, 0.05) is 26.5 Å². The Hall–Kier alpha value is -3.41. The van der Waals surface area contributed by atoms with Gasteiger partial charge in [0.15, 0.2) is 0 Å². The Kier molecular flexibility index (Phi) is 3.61. The van der Waals surface area contributed by atoms with E-state index in [-0.39, 0.29) is 11.2 Å². The maximum atomic E-state index is 12.9. The molecule has 0 bridgehead atoms. The van der Waals surface area contributed by atoms with E-state index in [0.29, 0.717) is 16.7 Å². The van der Waals surface area contributed by atoms with Crippen LogP contribution in [0.1, 0.15) is 5.56 Å². The number of pyridine rings is 1. The van der Waals surface area contributed by atoms with E-state index in [4.69, 9.17) is 0 Å². The summed E-state index contributed by atoms with van der Waals surface area (Å²) in [5, 5.41) is 0.505. The fourth-order valence-electron chi connectivity index (χ4n) is 3.29. The molecule has 0 saturated carbocycles. The van der Waals surface area contributed by atoms with Crippen molar-refractivity contribution in [1.29, 1.82) is 0 Å². The van der Waals surface area contributed by atoms with Gasteiger partial charge in [0.1, 0.15) is 5.82 Å². The van der Waals surface area contributed by atoms with E-state index in [2.05, 4.69) is 4.98 Å². The van der Waals surface area contributed by atoms with Crippen LogP contribution in [0.3, 0.4) is 0 Å². The van der Waals surface area contributed by atoms with Gasteiger partial charge in [0.2, 0.25) is 0 Å². The Morgan fingerprint density at radius 1 is 0.962 bits per heavy atom. The molecule has 0 amide bonds. The third-order valence-electron chi connectivity index (χ3n) is 4.63. The van der Waals surface area contributed by atoms with Crippen molar-refractivity contribution in [2.75, 3.05) is 0 Å². The van der Waals surface area contributed by atoms with Crippen molar-refractivity contribution >= 4 is 10.9 Å². The lowest BCUT2D eigenvalue weighted by Gasteiger charge is -2.10. The number of benzene rings is 1. The summed E-state index contributed by atoms with van der Waals surface area (Å²) in [6, 6.07) is 13.6.